The average molecular weight is 707 g/mol. The molecule has 0 aliphatic carbocycles. The van der Waals surface area contributed by atoms with Crippen LogP contribution in [0.15, 0.2) is 12.1 Å². The highest BCUT2D eigenvalue weighted by Crippen LogP contribution is 2.54. The van der Waals surface area contributed by atoms with Crippen LogP contribution in [-0.2, 0) is 9.53 Å². The van der Waals surface area contributed by atoms with Gasteiger partial charge in [-0.05, 0) is 57.3 Å². The quantitative estimate of drug-likeness (QED) is 0.216. The lowest BCUT2D eigenvalue weighted by molar-refractivity contribution is -0.398. The molecule has 1 aromatic rings. The van der Waals surface area contributed by atoms with E-state index in [-0.39, 0.29) is 3.57 Å². The third-order valence-electron chi connectivity index (χ3n) is 3.67. The van der Waals surface area contributed by atoms with Gasteiger partial charge in [0.25, 0.3) is 0 Å². The number of carbonyl (C=O) groups excluding carboxylic acids is 2. The van der Waals surface area contributed by atoms with Crippen LogP contribution >= 0.6 is 45.2 Å². The van der Waals surface area contributed by atoms with Crippen molar-refractivity contribution in [1.29, 1.82) is 0 Å². The van der Waals surface area contributed by atoms with Gasteiger partial charge in [0.2, 0.25) is 0 Å². The minimum absolute atomic E-state index is 0.0657. The molecule has 0 aromatic heterocycles. The van der Waals surface area contributed by atoms with E-state index < -0.39 is 66.3 Å². The summed E-state index contributed by atoms with van der Waals surface area (Å²) in [5, 5.41) is 11.2. The Morgan fingerprint density at radius 3 is 1.97 bits per heavy atom. The van der Waals surface area contributed by atoms with Gasteiger partial charge in [0, 0.05) is 16.1 Å². The normalized spacial score (nSPS) is 14.1. The molecule has 0 aliphatic heterocycles. The maximum Gasteiger partial charge on any atom is 0.460 e. The predicted octanol–water partition coefficient (Wildman–Crippen LogP) is 4.43. The summed E-state index contributed by atoms with van der Waals surface area (Å²) in [6.45, 7) is -0.658. The number of hydrogen-bond donors (Lipinski definition) is 0. The van der Waals surface area contributed by atoms with Crippen LogP contribution < -0.4 is 9.84 Å². The predicted molar refractivity (Wildman–Crippen MR) is 103 cm³/mol. The summed E-state index contributed by atoms with van der Waals surface area (Å²) in [6.07, 6.45) is -12.0. The van der Waals surface area contributed by atoms with Crippen LogP contribution in [0.25, 0.3) is 0 Å². The van der Waals surface area contributed by atoms with Gasteiger partial charge in [0.15, 0.2) is 0 Å². The van der Waals surface area contributed by atoms with Crippen molar-refractivity contribution in [3.05, 3.63) is 24.8 Å². The molecule has 0 radical (unpaired) electrons. The SMILES string of the molecule is CC(=O)OC(COc1c(I)cc(I)cc1C(=O)[O-])CC(F)(F)C(F)(F)C(F)(F)C(F)(F)F. The molecule has 16 heteroatoms. The van der Waals surface area contributed by atoms with Gasteiger partial charge in [-0.1, -0.05) is 0 Å². The van der Waals surface area contributed by atoms with Crippen LogP contribution in [0.1, 0.15) is 23.7 Å². The Morgan fingerprint density at radius 2 is 1.53 bits per heavy atom. The van der Waals surface area contributed by atoms with E-state index in [1.54, 1.807) is 45.2 Å². The second-order valence-corrected chi connectivity index (χ2v) is 8.56. The Hall–Kier alpha value is -1.21. The summed E-state index contributed by atoms with van der Waals surface area (Å²) in [5.74, 6) is -23.7. The first kappa shape index (κ1) is 28.8. The van der Waals surface area contributed by atoms with Crippen LogP contribution in [0.5, 0.6) is 5.75 Å². The molecule has 1 aromatic carbocycles. The highest BCUT2D eigenvalue weighted by atomic mass is 127. The molecule has 1 atom stereocenters. The maximum atomic E-state index is 13.9. The van der Waals surface area contributed by atoms with Crippen molar-refractivity contribution in [3.8, 4) is 5.75 Å². The fourth-order valence-electron chi connectivity index (χ4n) is 2.23. The molecule has 0 saturated heterocycles. The van der Waals surface area contributed by atoms with E-state index in [2.05, 4.69) is 4.74 Å². The summed E-state index contributed by atoms with van der Waals surface area (Å²) in [6, 6.07) is 2.37. The number of carboxylic acid groups (broad SMARTS) is 1. The Labute approximate surface area is 200 Å². The molecule has 0 amide bonds. The first-order valence-electron chi connectivity index (χ1n) is 7.95. The molecule has 182 valence electrons. The van der Waals surface area contributed by atoms with Gasteiger partial charge >= 0.3 is 29.9 Å². The number of rotatable bonds is 9. The van der Waals surface area contributed by atoms with Crippen molar-refractivity contribution in [1.82, 2.24) is 0 Å². The number of benzene rings is 1. The van der Waals surface area contributed by atoms with E-state index in [0.29, 0.717) is 10.5 Å². The minimum atomic E-state index is -7.11. The lowest BCUT2D eigenvalue weighted by Gasteiger charge is -2.35. The highest BCUT2D eigenvalue weighted by molar-refractivity contribution is 14.1. The number of carbonyl (C=O) groups is 2. The van der Waals surface area contributed by atoms with E-state index >= 15 is 0 Å². The summed E-state index contributed by atoms with van der Waals surface area (Å²) in [7, 11) is 0. The molecule has 1 unspecified atom stereocenters. The Kier molecular flexibility index (Phi) is 8.97. The zero-order valence-electron chi connectivity index (χ0n) is 15.3. The van der Waals surface area contributed by atoms with Gasteiger partial charge in [0.05, 0.1) is 16.0 Å². The second-order valence-electron chi connectivity index (χ2n) is 6.15. The summed E-state index contributed by atoms with van der Waals surface area (Å²) >= 11 is 3.27. The maximum absolute atomic E-state index is 13.9. The number of aromatic carboxylic acids is 1. The number of ether oxygens (including phenoxy) is 2. The van der Waals surface area contributed by atoms with E-state index in [9.17, 15) is 54.2 Å². The van der Waals surface area contributed by atoms with Crippen molar-refractivity contribution in [2.24, 2.45) is 0 Å². The van der Waals surface area contributed by atoms with Crippen LogP contribution in [0, 0.1) is 7.14 Å². The zero-order chi connectivity index (χ0) is 25.3. The first-order valence-corrected chi connectivity index (χ1v) is 10.1. The molecule has 0 aliphatic rings. The third-order valence-corrected chi connectivity index (χ3v) is 5.09. The Morgan fingerprint density at radius 1 is 1.00 bits per heavy atom. The molecular formula is C16H10F9I2O5-. The molecule has 32 heavy (non-hydrogen) atoms. The van der Waals surface area contributed by atoms with E-state index in [1.807, 2.05) is 0 Å². The standard InChI is InChI=1S/C16H11F9I2O5/c1-6(28)32-8(4-13(17,18)14(19,20)15(21,22)16(23,24)25)5-31-11-9(12(29)30)2-7(26)3-10(11)27/h2-3,8H,4-5H2,1H3,(H,29,30)/p-1. The number of alkyl halides is 9. The van der Waals surface area contributed by atoms with E-state index in [0.717, 1.165) is 6.07 Å². The number of esters is 1. The van der Waals surface area contributed by atoms with Crippen LogP contribution in [0.2, 0.25) is 0 Å². The summed E-state index contributed by atoms with van der Waals surface area (Å²) in [5.41, 5.74) is -0.608. The fourth-order valence-corrected chi connectivity index (χ4v) is 4.23. The monoisotopic (exact) mass is 707 g/mol. The van der Waals surface area contributed by atoms with Gasteiger partial charge < -0.3 is 19.4 Å². The smallest absolute Gasteiger partial charge is 0.460 e. The average Bonchev–Trinajstić information content (AvgIpc) is 2.57. The molecule has 0 N–H and O–H groups in total. The first-order chi connectivity index (χ1) is 14.2. The molecule has 1 rings (SSSR count). The third kappa shape index (κ3) is 6.22. The Balaban J connectivity index is 3.24. The van der Waals surface area contributed by atoms with Crippen molar-refractivity contribution in [2.75, 3.05) is 6.61 Å². The van der Waals surface area contributed by atoms with Crippen molar-refractivity contribution in [3.63, 3.8) is 0 Å². The van der Waals surface area contributed by atoms with Crippen LogP contribution in [0.4, 0.5) is 39.5 Å². The number of hydrogen-bond acceptors (Lipinski definition) is 5. The molecule has 0 fully saturated rings. The molecule has 0 spiro atoms. The number of carboxylic acids is 1. The van der Waals surface area contributed by atoms with Crippen molar-refractivity contribution < 1.29 is 63.7 Å². The largest absolute Gasteiger partial charge is 0.545 e. The molecule has 0 saturated carbocycles. The van der Waals surface area contributed by atoms with Gasteiger partial charge in [-0.15, -0.1) is 0 Å². The van der Waals surface area contributed by atoms with Gasteiger partial charge in [-0.25, -0.2) is 0 Å². The summed E-state index contributed by atoms with van der Waals surface area (Å²) < 4.78 is 127. The second kappa shape index (κ2) is 9.96. The zero-order valence-corrected chi connectivity index (χ0v) is 19.7. The van der Waals surface area contributed by atoms with Gasteiger partial charge in [-0.3, -0.25) is 4.79 Å². The van der Waals surface area contributed by atoms with E-state index in [1.165, 1.54) is 6.07 Å². The highest BCUT2D eigenvalue weighted by Gasteiger charge is 2.81. The van der Waals surface area contributed by atoms with E-state index in [4.69, 9.17) is 4.74 Å². The Bertz CT molecular complexity index is 874. The van der Waals surface area contributed by atoms with Crippen LogP contribution in [-0.4, -0.2) is 48.6 Å². The topological polar surface area (TPSA) is 75.7 Å². The van der Waals surface area contributed by atoms with Crippen molar-refractivity contribution >= 4 is 57.1 Å². The summed E-state index contributed by atoms with van der Waals surface area (Å²) in [4.78, 5) is 22.3. The molecule has 0 bridgehead atoms. The lowest BCUT2D eigenvalue weighted by Crippen LogP contribution is -2.61. The van der Waals surface area contributed by atoms with Gasteiger partial charge in [0.1, 0.15) is 18.5 Å². The molecular weight excluding hydrogens is 697 g/mol. The molecule has 5 nitrogen and oxygen atoms in total. The van der Waals surface area contributed by atoms with Gasteiger partial charge in [-0.2, -0.15) is 39.5 Å². The van der Waals surface area contributed by atoms with Crippen molar-refractivity contribution in [2.45, 2.75) is 43.4 Å². The minimum Gasteiger partial charge on any atom is -0.545 e. The van der Waals surface area contributed by atoms with Crippen LogP contribution in [0.3, 0.4) is 0 Å². The molecule has 0 heterocycles. The number of halogens is 11. The lowest BCUT2D eigenvalue weighted by atomic mass is 9.98. The fraction of sp³-hybridized carbons (Fsp3) is 0.500.